The zero-order chi connectivity index (χ0) is 16.9. The molecule has 0 aromatic carbocycles. The van der Waals surface area contributed by atoms with Crippen LogP contribution in [0.15, 0.2) is 24.5 Å². The summed E-state index contributed by atoms with van der Waals surface area (Å²) < 4.78 is 0. The zero-order valence-electron chi connectivity index (χ0n) is 13.7. The summed E-state index contributed by atoms with van der Waals surface area (Å²) in [7, 11) is 0. The van der Waals surface area contributed by atoms with Crippen LogP contribution in [0.4, 0.5) is 11.5 Å². The van der Waals surface area contributed by atoms with Crippen molar-refractivity contribution in [1.82, 2.24) is 9.97 Å². The standard InChI is InChI=1S/C17H22N4O2S/c1-2-15-19-10-14(24-15)17(23)20-13-4-3-7-18-16(13)21-8-5-12(11-22)6-9-21/h3-4,7,10,12,22H,2,5-6,8-9,11H2,1H3,(H,20,23). The van der Waals surface area contributed by atoms with Crippen molar-refractivity contribution in [2.24, 2.45) is 5.92 Å². The Morgan fingerprint density at radius 3 is 2.88 bits per heavy atom. The van der Waals surface area contributed by atoms with Gasteiger partial charge in [0.2, 0.25) is 0 Å². The number of pyridine rings is 1. The molecule has 0 unspecified atom stereocenters. The number of carbonyl (C=O) groups is 1. The lowest BCUT2D eigenvalue weighted by atomic mass is 9.98. The zero-order valence-corrected chi connectivity index (χ0v) is 14.6. The van der Waals surface area contributed by atoms with Crippen LogP contribution < -0.4 is 10.2 Å². The molecule has 128 valence electrons. The summed E-state index contributed by atoms with van der Waals surface area (Å²) in [6, 6.07) is 3.70. The Morgan fingerprint density at radius 2 is 2.21 bits per heavy atom. The van der Waals surface area contributed by atoms with E-state index in [0.717, 1.165) is 48.9 Å². The monoisotopic (exact) mass is 346 g/mol. The van der Waals surface area contributed by atoms with Crippen LogP contribution in [0, 0.1) is 5.92 Å². The van der Waals surface area contributed by atoms with Crippen LogP contribution >= 0.6 is 11.3 Å². The number of aromatic nitrogens is 2. The summed E-state index contributed by atoms with van der Waals surface area (Å²) in [4.78, 5) is 23.9. The minimum atomic E-state index is -0.147. The van der Waals surface area contributed by atoms with E-state index >= 15 is 0 Å². The maximum absolute atomic E-state index is 12.5. The molecule has 1 amide bonds. The molecule has 2 N–H and O–H groups in total. The summed E-state index contributed by atoms with van der Waals surface area (Å²) in [5.74, 6) is 1.02. The molecule has 6 nitrogen and oxygen atoms in total. The van der Waals surface area contributed by atoms with E-state index in [4.69, 9.17) is 0 Å². The van der Waals surface area contributed by atoms with Crippen molar-refractivity contribution >= 4 is 28.7 Å². The fourth-order valence-electron chi connectivity index (χ4n) is 2.84. The third-order valence-electron chi connectivity index (χ3n) is 4.29. The van der Waals surface area contributed by atoms with Crippen LogP contribution in [-0.2, 0) is 6.42 Å². The van der Waals surface area contributed by atoms with Gasteiger partial charge in [0.1, 0.15) is 4.88 Å². The highest BCUT2D eigenvalue weighted by Crippen LogP contribution is 2.28. The first-order valence-corrected chi connectivity index (χ1v) is 9.09. The quantitative estimate of drug-likeness (QED) is 0.870. The number of piperidine rings is 1. The fraction of sp³-hybridized carbons (Fsp3) is 0.471. The van der Waals surface area contributed by atoms with Crippen LogP contribution in [0.2, 0.25) is 0 Å². The summed E-state index contributed by atoms with van der Waals surface area (Å²) in [5, 5.41) is 13.2. The van der Waals surface area contributed by atoms with Crippen LogP contribution in [0.1, 0.15) is 34.4 Å². The van der Waals surface area contributed by atoms with Gasteiger partial charge in [-0.2, -0.15) is 0 Å². The average Bonchev–Trinajstić information content (AvgIpc) is 3.12. The third-order valence-corrected chi connectivity index (χ3v) is 5.43. The Balaban J connectivity index is 1.73. The van der Waals surface area contributed by atoms with E-state index in [1.807, 2.05) is 19.1 Å². The molecular weight excluding hydrogens is 324 g/mol. The van der Waals surface area contributed by atoms with Gasteiger partial charge in [-0.15, -0.1) is 11.3 Å². The van der Waals surface area contributed by atoms with E-state index in [1.165, 1.54) is 11.3 Å². The Kier molecular flexibility index (Phi) is 5.42. The van der Waals surface area contributed by atoms with E-state index in [2.05, 4.69) is 20.2 Å². The molecule has 1 aliphatic rings. The van der Waals surface area contributed by atoms with Crippen LogP contribution in [0.3, 0.4) is 0 Å². The number of carbonyl (C=O) groups excluding carboxylic acids is 1. The van der Waals surface area contributed by atoms with Crippen molar-refractivity contribution in [2.45, 2.75) is 26.2 Å². The number of hydrogen-bond donors (Lipinski definition) is 2. The molecule has 24 heavy (non-hydrogen) atoms. The molecule has 0 aliphatic carbocycles. The second-order valence-corrected chi connectivity index (χ2v) is 7.03. The number of nitrogens with zero attached hydrogens (tertiary/aromatic N) is 3. The molecule has 7 heteroatoms. The molecule has 1 saturated heterocycles. The Labute approximate surface area is 145 Å². The van der Waals surface area contributed by atoms with Crippen molar-refractivity contribution in [2.75, 3.05) is 29.9 Å². The van der Waals surface area contributed by atoms with Crippen molar-refractivity contribution in [3.63, 3.8) is 0 Å². The highest BCUT2D eigenvalue weighted by Gasteiger charge is 2.22. The van der Waals surface area contributed by atoms with E-state index in [1.54, 1.807) is 12.4 Å². The lowest BCUT2D eigenvalue weighted by Gasteiger charge is -2.33. The molecule has 2 aromatic heterocycles. The van der Waals surface area contributed by atoms with E-state index in [-0.39, 0.29) is 12.5 Å². The number of rotatable bonds is 5. The van der Waals surface area contributed by atoms with Crippen LogP contribution in [-0.4, -0.2) is 40.7 Å². The van der Waals surface area contributed by atoms with Gasteiger partial charge in [-0.1, -0.05) is 6.92 Å². The number of aliphatic hydroxyl groups is 1. The number of anilines is 2. The molecule has 0 spiro atoms. The van der Waals surface area contributed by atoms with E-state index in [9.17, 15) is 9.90 Å². The number of amides is 1. The second-order valence-electron chi connectivity index (χ2n) is 5.91. The van der Waals surface area contributed by atoms with E-state index < -0.39 is 0 Å². The highest BCUT2D eigenvalue weighted by atomic mass is 32.1. The molecule has 0 radical (unpaired) electrons. The number of aryl methyl sites for hydroxylation is 1. The first-order chi connectivity index (χ1) is 11.7. The van der Waals surface area contributed by atoms with Gasteiger partial charge in [-0.3, -0.25) is 4.79 Å². The first-order valence-electron chi connectivity index (χ1n) is 8.28. The van der Waals surface area contributed by atoms with Gasteiger partial charge >= 0.3 is 0 Å². The smallest absolute Gasteiger partial charge is 0.267 e. The SMILES string of the molecule is CCc1ncc(C(=O)Nc2cccnc2N2CCC(CO)CC2)s1. The molecule has 1 fully saturated rings. The molecule has 0 bridgehead atoms. The Hall–Kier alpha value is -1.99. The average molecular weight is 346 g/mol. The molecule has 3 rings (SSSR count). The Morgan fingerprint density at radius 1 is 1.42 bits per heavy atom. The lowest BCUT2D eigenvalue weighted by molar-refractivity contribution is 0.103. The summed E-state index contributed by atoms with van der Waals surface area (Å²) in [6.07, 6.45) is 6.08. The topological polar surface area (TPSA) is 78.4 Å². The van der Waals surface area contributed by atoms with Gasteiger partial charge in [0.25, 0.3) is 5.91 Å². The lowest BCUT2D eigenvalue weighted by Crippen LogP contribution is -2.35. The van der Waals surface area contributed by atoms with Crippen LogP contribution in [0.5, 0.6) is 0 Å². The van der Waals surface area contributed by atoms with Gasteiger partial charge in [-0.05, 0) is 37.3 Å². The maximum Gasteiger partial charge on any atom is 0.267 e. The molecule has 3 heterocycles. The highest BCUT2D eigenvalue weighted by molar-refractivity contribution is 7.13. The summed E-state index contributed by atoms with van der Waals surface area (Å²) in [5.41, 5.74) is 0.719. The molecule has 2 aromatic rings. The number of aliphatic hydroxyl groups excluding tert-OH is 1. The fourth-order valence-corrected chi connectivity index (χ4v) is 3.59. The van der Waals surface area contributed by atoms with Crippen molar-refractivity contribution in [3.05, 3.63) is 34.4 Å². The second kappa shape index (κ2) is 7.72. The van der Waals surface area contributed by atoms with Crippen molar-refractivity contribution in [3.8, 4) is 0 Å². The van der Waals surface area contributed by atoms with Crippen LogP contribution in [0.25, 0.3) is 0 Å². The molecular formula is C17H22N4O2S. The minimum Gasteiger partial charge on any atom is -0.396 e. The Bertz CT molecular complexity index is 695. The van der Waals surface area contributed by atoms with Gasteiger partial charge in [-0.25, -0.2) is 9.97 Å². The molecule has 0 atom stereocenters. The largest absolute Gasteiger partial charge is 0.396 e. The van der Waals surface area contributed by atoms with E-state index in [0.29, 0.717) is 10.8 Å². The van der Waals surface area contributed by atoms with Gasteiger partial charge in [0.05, 0.1) is 16.9 Å². The summed E-state index contributed by atoms with van der Waals surface area (Å²) in [6.45, 7) is 3.94. The maximum atomic E-state index is 12.5. The molecule has 1 aliphatic heterocycles. The van der Waals surface area contributed by atoms with Gasteiger partial charge in [0.15, 0.2) is 5.82 Å². The predicted octanol–water partition coefficient (Wildman–Crippen LogP) is 2.56. The van der Waals surface area contributed by atoms with Gasteiger partial charge < -0.3 is 15.3 Å². The third kappa shape index (κ3) is 3.73. The minimum absolute atomic E-state index is 0.147. The number of nitrogens with one attached hydrogen (secondary N) is 1. The molecule has 0 saturated carbocycles. The predicted molar refractivity (Wildman–Crippen MR) is 95.7 cm³/mol. The number of hydrogen-bond acceptors (Lipinski definition) is 6. The van der Waals surface area contributed by atoms with Crippen molar-refractivity contribution in [1.29, 1.82) is 0 Å². The summed E-state index contributed by atoms with van der Waals surface area (Å²) >= 11 is 1.42. The first kappa shape index (κ1) is 16.9. The van der Waals surface area contributed by atoms with Crippen molar-refractivity contribution < 1.29 is 9.90 Å². The number of thiazole rings is 1. The normalized spacial score (nSPS) is 15.5. The van der Waals surface area contributed by atoms with Gasteiger partial charge in [0, 0.05) is 25.9 Å².